The molecule has 1 heterocycles. The summed E-state index contributed by atoms with van der Waals surface area (Å²) in [5, 5.41) is 32.4. The zero-order valence-electron chi connectivity index (χ0n) is 48.6. The Kier molecular flexibility index (Phi) is 36.9. The van der Waals surface area contributed by atoms with Gasteiger partial charge in [0.05, 0.1) is 13.2 Å². The lowest BCUT2D eigenvalue weighted by atomic mass is 9.97. The monoisotopic (exact) mass is 1050 g/mol. The van der Waals surface area contributed by atoms with E-state index < -0.39 is 51.0 Å². The Labute approximate surface area is 451 Å². The van der Waals surface area contributed by atoms with Crippen LogP contribution in [0.4, 0.5) is 0 Å². The average molecular weight is 1050 g/mol. The van der Waals surface area contributed by atoms with Gasteiger partial charge < -0.3 is 30.3 Å². The Bertz CT molecular complexity index is 2060. The molecular formula is C63H104NO9P. The maximum absolute atomic E-state index is 12.7. The molecule has 420 valence electrons. The second-order valence-corrected chi connectivity index (χ2v) is 22.9. The Morgan fingerprint density at radius 2 is 0.730 bits per heavy atom. The fraction of sp³-hybridized carbons (Fsp3) is 0.635. The van der Waals surface area contributed by atoms with E-state index in [1.807, 2.05) is 6.92 Å². The predicted molar refractivity (Wildman–Crippen MR) is 312 cm³/mol. The minimum atomic E-state index is -4.71. The summed E-state index contributed by atoms with van der Waals surface area (Å²) >= 11 is 0. The van der Waals surface area contributed by atoms with Crippen molar-refractivity contribution in [2.24, 2.45) is 0 Å². The summed E-state index contributed by atoms with van der Waals surface area (Å²) in [5.74, 6) is -0.581. The van der Waals surface area contributed by atoms with Crippen LogP contribution in [0.5, 0.6) is 0 Å². The van der Waals surface area contributed by atoms with Gasteiger partial charge in [-0.15, -0.1) is 0 Å². The van der Waals surface area contributed by atoms with E-state index in [-0.39, 0.29) is 6.61 Å². The highest BCUT2D eigenvalue weighted by atomic mass is 31.2. The van der Waals surface area contributed by atoms with Crippen molar-refractivity contribution in [3.05, 3.63) is 128 Å². The quantitative estimate of drug-likeness (QED) is 0.0302. The van der Waals surface area contributed by atoms with Gasteiger partial charge in [-0.1, -0.05) is 128 Å². The number of allylic oxidation sites excluding steroid dienone is 21. The van der Waals surface area contributed by atoms with E-state index in [1.54, 1.807) is 6.08 Å². The van der Waals surface area contributed by atoms with Gasteiger partial charge in [0, 0.05) is 6.92 Å². The molecule has 0 aliphatic carbocycles. The lowest BCUT2D eigenvalue weighted by Crippen LogP contribution is -2.64. The minimum Gasteiger partial charge on any atom is -0.394 e. The van der Waals surface area contributed by atoms with Gasteiger partial charge in [-0.05, 0) is 212 Å². The minimum absolute atomic E-state index is 0.212. The number of ether oxygens (including phenoxy) is 1. The highest BCUT2D eigenvalue weighted by Gasteiger charge is 2.48. The molecule has 1 unspecified atom stereocenters. The number of phosphoric acid groups is 1. The van der Waals surface area contributed by atoms with Gasteiger partial charge in [-0.2, -0.15) is 0 Å². The van der Waals surface area contributed by atoms with Crippen LogP contribution in [-0.4, -0.2) is 70.0 Å². The fourth-order valence-corrected chi connectivity index (χ4v) is 9.29. The second kappa shape index (κ2) is 39.9. The van der Waals surface area contributed by atoms with Crippen LogP contribution in [0.3, 0.4) is 0 Å². The van der Waals surface area contributed by atoms with Gasteiger partial charge in [-0.25, -0.2) is 4.57 Å². The van der Waals surface area contributed by atoms with Crippen molar-refractivity contribution in [3.63, 3.8) is 0 Å². The topological polar surface area (TPSA) is 155 Å². The van der Waals surface area contributed by atoms with Crippen molar-refractivity contribution in [2.45, 2.75) is 249 Å². The number of carbonyl (C=O) groups excluding carboxylic acids is 1. The predicted octanol–water partition coefficient (Wildman–Crippen LogP) is 16.3. The molecule has 11 heteroatoms. The first-order valence-electron chi connectivity index (χ1n) is 27.8. The van der Waals surface area contributed by atoms with Crippen LogP contribution >= 0.6 is 7.82 Å². The molecule has 1 amide bonds. The molecule has 0 aromatic heterocycles. The van der Waals surface area contributed by atoms with Gasteiger partial charge in [0.25, 0.3) is 0 Å². The molecule has 0 saturated carbocycles. The van der Waals surface area contributed by atoms with E-state index in [1.165, 1.54) is 75.5 Å². The largest absolute Gasteiger partial charge is 0.474 e. The number of rotatable bonds is 37. The average Bonchev–Trinajstić information content (AvgIpc) is 3.31. The van der Waals surface area contributed by atoms with Gasteiger partial charge in [-0.3, -0.25) is 13.8 Å². The molecular weight excluding hydrogens is 946 g/mol. The zero-order valence-corrected chi connectivity index (χ0v) is 49.5. The van der Waals surface area contributed by atoms with Gasteiger partial charge in [0.1, 0.15) is 24.4 Å². The Morgan fingerprint density at radius 1 is 0.459 bits per heavy atom. The molecule has 1 fully saturated rings. The smallest absolute Gasteiger partial charge is 0.394 e. The SMILES string of the molecule is CC(=O)N[C@H]1[C@@H](OP(=O)(O)OC/C=C(/C)CC/C=C(/C)CC/C=C(/C)CC/C=C(/C)CC/C=C(/C)CC/C=C(/C)CC/C=C(/C)CC/C=C(/C)CC/C=C(\C)CC/C=C(\C)CCC=C(C)C)O[C@H](CO)[C@@H](O)[C@@H]1O. The standard InChI is InChI=1S/C63H104NO9P/c1-47(2)24-14-25-48(3)26-15-27-49(4)28-16-29-50(5)30-17-31-51(6)32-18-33-52(7)34-19-35-53(8)36-20-37-54(9)38-21-39-55(10)40-22-41-56(11)42-23-43-57(12)44-45-71-74(69,70)73-63-60(64-58(13)66)62(68)61(67)59(46-65)72-63/h24,26,28,30,32,34,36,38,40,42,44,59-63,65,67-68H,14-23,25,27,29,31,33,35,37,39,41,43,45-46H2,1-13H3,(H,64,66)(H,69,70)/b48-26+,49-28+,50-30-,51-32-,52-34-,53-36-,54-38-,55-40-,56-42-,57-44-/t59-,60-,61-,62-,63-/m1/s1. The number of amides is 1. The normalized spacial score (nSPS) is 21.3. The van der Waals surface area contributed by atoms with E-state index in [9.17, 15) is 29.6 Å². The molecule has 6 atom stereocenters. The third-order valence-electron chi connectivity index (χ3n) is 13.5. The molecule has 0 bridgehead atoms. The maximum atomic E-state index is 12.7. The maximum Gasteiger partial charge on any atom is 0.474 e. The number of aliphatic hydroxyl groups is 3. The molecule has 1 aliphatic heterocycles. The van der Waals surface area contributed by atoms with E-state index in [2.05, 4.69) is 142 Å². The third kappa shape index (κ3) is 35.0. The van der Waals surface area contributed by atoms with Crippen molar-refractivity contribution >= 4 is 13.7 Å². The van der Waals surface area contributed by atoms with Gasteiger partial charge in [0.15, 0.2) is 6.29 Å². The van der Waals surface area contributed by atoms with Crippen LogP contribution in [0.25, 0.3) is 0 Å². The molecule has 0 spiro atoms. The number of carbonyl (C=O) groups is 1. The summed E-state index contributed by atoms with van der Waals surface area (Å²) in [4.78, 5) is 21.9. The van der Waals surface area contributed by atoms with E-state index in [0.29, 0.717) is 0 Å². The Hall–Kier alpha value is -3.44. The highest BCUT2D eigenvalue weighted by Crippen LogP contribution is 2.46. The van der Waals surface area contributed by atoms with Gasteiger partial charge in [0.2, 0.25) is 5.91 Å². The van der Waals surface area contributed by atoms with E-state index in [4.69, 9.17) is 13.8 Å². The first kappa shape index (κ1) is 68.6. The summed E-state index contributed by atoms with van der Waals surface area (Å²) in [6.45, 7) is 26.8. The molecule has 1 aliphatic rings. The van der Waals surface area contributed by atoms with Crippen LogP contribution in [0.1, 0.15) is 218 Å². The van der Waals surface area contributed by atoms with Gasteiger partial charge >= 0.3 is 7.82 Å². The first-order chi connectivity index (χ1) is 35.0. The van der Waals surface area contributed by atoms with Crippen LogP contribution in [-0.2, 0) is 23.1 Å². The molecule has 74 heavy (non-hydrogen) atoms. The van der Waals surface area contributed by atoms with Crippen molar-refractivity contribution < 1.29 is 43.4 Å². The third-order valence-corrected chi connectivity index (χ3v) is 14.5. The van der Waals surface area contributed by atoms with E-state index >= 15 is 0 Å². The number of nitrogens with one attached hydrogen (secondary N) is 1. The summed E-state index contributed by atoms with van der Waals surface area (Å²) in [6, 6.07) is -1.36. The van der Waals surface area contributed by atoms with Crippen molar-refractivity contribution in [1.29, 1.82) is 0 Å². The molecule has 0 aromatic rings. The lowest BCUT2D eigenvalue weighted by Gasteiger charge is -2.42. The Balaban J connectivity index is 2.30. The van der Waals surface area contributed by atoms with Crippen molar-refractivity contribution in [1.82, 2.24) is 5.32 Å². The summed E-state index contributed by atoms with van der Waals surface area (Å²) in [7, 11) is -4.71. The summed E-state index contributed by atoms with van der Waals surface area (Å²) in [5.41, 5.74) is 15.6. The molecule has 10 nitrogen and oxygen atoms in total. The van der Waals surface area contributed by atoms with Crippen LogP contribution in [0, 0.1) is 0 Å². The molecule has 0 radical (unpaired) electrons. The summed E-state index contributed by atoms with van der Waals surface area (Å²) < 4.78 is 28.2. The zero-order chi connectivity index (χ0) is 55.5. The molecule has 0 aromatic carbocycles. The number of hydrogen-bond donors (Lipinski definition) is 5. The fourth-order valence-electron chi connectivity index (χ4n) is 8.52. The van der Waals surface area contributed by atoms with Crippen LogP contribution < -0.4 is 5.32 Å². The lowest BCUT2D eigenvalue weighted by molar-refractivity contribution is -0.248. The highest BCUT2D eigenvalue weighted by molar-refractivity contribution is 7.47. The summed E-state index contributed by atoms with van der Waals surface area (Å²) in [6.07, 6.45) is 41.1. The number of hydrogen-bond acceptors (Lipinski definition) is 8. The molecule has 1 rings (SSSR count). The molecule has 1 saturated heterocycles. The van der Waals surface area contributed by atoms with Crippen molar-refractivity contribution in [3.8, 4) is 0 Å². The first-order valence-corrected chi connectivity index (χ1v) is 29.3. The van der Waals surface area contributed by atoms with Crippen LogP contribution in [0.15, 0.2) is 128 Å². The Morgan fingerprint density at radius 3 is 0.986 bits per heavy atom. The second-order valence-electron chi connectivity index (χ2n) is 21.5. The van der Waals surface area contributed by atoms with Crippen molar-refractivity contribution in [2.75, 3.05) is 13.2 Å². The molecule has 5 N–H and O–H groups in total. The van der Waals surface area contributed by atoms with Crippen LogP contribution in [0.2, 0.25) is 0 Å². The van der Waals surface area contributed by atoms with E-state index in [0.717, 1.165) is 121 Å². The number of phosphoric ester groups is 1. The number of aliphatic hydroxyl groups excluding tert-OH is 3.